The maximum Gasteiger partial charge on any atom is 0.305 e. The molecule has 0 unspecified atom stereocenters. The van der Waals surface area contributed by atoms with Gasteiger partial charge in [-0.3, -0.25) is 4.79 Å². The molecule has 0 N–H and O–H groups in total. The zero-order valence-electron chi connectivity index (χ0n) is 8.83. The predicted octanol–water partition coefficient (Wildman–Crippen LogP) is 3.77. The highest BCUT2D eigenvalue weighted by atomic mass is 79.9. The van der Waals surface area contributed by atoms with E-state index in [4.69, 9.17) is 0 Å². The molecule has 1 aromatic heterocycles. The lowest BCUT2D eigenvalue weighted by Crippen LogP contribution is -2.01. The van der Waals surface area contributed by atoms with Gasteiger partial charge in [-0.1, -0.05) is 18.2 Å². The summed E-state index contributed by atoms with van der Waals surface area (Å²) < 4.78 is 7.00. The number of esters is 1. The zero-order valence-corrected chi connectivity index (χ0v) is 11.2. The monoisotopic (exact) mass is 298 g/mol. The van der Waals surface area contributed by atoms with E-state index in [1.54, 1.807) is 11.3 Å². The summed E-state index contributed by atoms with van der Waals surface area (Å²) in [5, 5.41) is 1.23. The van der Waals surface area contributed by atoms with E-state index in [1.165, 1.54) is 22.8 Å². The fraction of sp³-hybridized carbons (Fsp3) is 0.250. The Labute approximate surface area is 106 Å². The standard InChI is InChI=1S/C12H11BrO2S/c1-15-11(14)7-6-9-8-4-2-3-5-10(8)16-12(9)13/h2-5H,6-7H2,1H3. The molecule has 0 aliphatic rings. The number of methoxy groups -OCH3 is 1. The van der Waals surface area contributed by atoms with Crippen LogP contribution in [0.4, 0.5) is 0 Å². The van der Waals surface area contributed by atoms with E-state index >= 15 is 0 Å². The molecule has 1 aromatic carbocycles. The molecule has 0 atom stereocenters. The van der Waals surface area contributed by atoms with Crippen molar-refractivity contribution in [2.75, 3.05) is 7.11 Å². The first-order chi connectivity index (χ1) is 7.72. The van der Waals surface area contributed by atoms with Gasteiger partial charge in [0, 0.05) is 11.1 Å². The number of carbonyl (C=O) groups excluding carboxylic acids is 1. The van der Waals surface area contributed by atoms with Crippen molar-refractivity contribution in [3.05, 3.63) is 33.6 Å². The molecule has 2 aromatic rings. The minimum Gasteiger partial charge on any atom is -0.469 e. The van der Waals surface area contributed by atoms with Gasteiger partial charge in [0.15, 0.2) is 0 Å². The summed E-state index contributed by atoms with van der Waals surface area (Å²) in [5.41, 5.74) is 1.20. The molecule has 16 heavy (non-hydrogen) atoms. The van der Waals surface area contributed by atoms with Crippen molar-refractivity contribution < 1.29 is 9.53 Å². The third-order valence-electron chi connectivity index (χ3n) is 2.46. The van der Waals surface area contributed by atoms with E-state index in [1.807, 2.05) is 12.1 Å². The fourth-order valence-corrected chi connectivity index (χ4v) is 3.54. The van der Waals surface area contributed by atoms with Crippen LogP contribution >= 0.6 is 27.3 Å². The van der Waals surface area contributed by atoms with Gasteiger partial charge in [0.1, 0.15) is 0 Å². The van der Waals surface area contributed by atoms with Gasteiger partial charge < -0.3 is 4.74 Å². The van der Waals surface area contributed by atoms with Crippen molar-refractivity contribution in [2.24, 2.45) is 0 Å². The Morgan fingerprint density at radius 2 is 2.19 bits per heavy atom. The molecule has 1 heterocycles. The molecular weight excluding hydrogens is 288 g/mol. The molecule has 0 saturated carbocycles. The highest BCUT2D eigenvalue weighted by molar-refractivity contribution is 9.11. The Balaban J connectivity index is 2.29. The van der Waals surface area contributed by atoms with Crippen LogP contribution in [0.25, 0.3) is 10.1 Å². The first-order valence-corrected chi connectivity index (χ1v) is 6.56. The number of carbonyl (C=O) groups is 1. The minimum atomic E-state index is -0.165. The Hall–Kier alpha value is -0.870. The fourth-order valence-electron chi connectivity index (χ4n) is 1.63. The Kier molecular flexibility index (Phi) is 3.61. The number of fused-ring (bicyclic) bond motifs is 1. The van der Waals surface area contributed by atoms with Crippen molar-refractivity contribution in [3.63, 3.8) is 0 Å². The first kappa shape index (κ1) is 11.6. The molecular formula is C12H11BrO2S. The van der Waals surface area contributed by atoms with Crippen LogP contribution in [0.2, 0.25) is 0 Å². The highest BCUT2D eigenvalue weighted by Gasteiger charge is 2.11. The molecule has 0 fully saturated rings. The van der Waals surface area contributed by atoms with E-state index in [2.05, 4.69) is 32.8 Å². The Morgan fingerprint density at radius 1 is 1.44 bits per heavy atom. The van der Waals surface area contributed by atoms with Gasteiger partial charge >= 0.3 is 5.97 Å². The van der Waals surface area contributed by atoms with Crippen molar-refractivity contribution >= 4 is 43.3 Å². The average molecular weight is 299 g/mol. The highest BCUT2D eigenvalue weighted by Crippen LogP contribution is 2.35. The summed E-state index contributed by atoms with van der Waals surface area (Å²) in [6, 6.07) is 8.22. The van der Waals surface area contributed by atoms with Crippen LogP contribution in [0.3, 0.4) is 0 Å². The van der Waals surface area contributed by atoms with Gasteiger partial charge in [0.25, 0.3) is 0 Å². The van der Waals surface area contributed by atoms with Gasteiger partial charge in [0.05, 0.1) is 10.9 Å². The normalized spacial score (nSPS) is 10.6. The molecule has 0 amide bonds. The van der Waals surface area contributed by atoms with E-state index in [0.717, 1.165) is 10.2 Å². The third-order valence-corrected chi connectivity index (χ3v) is 4.42. The molecule has 0 radical (unpaired) electrons. The quantitative estimate of drug-likeness (QED) is 0.806. The Morgan fingerprint density at radius 3 is 2.94 bits per heavy atom. The molecule has 2 nitrogen and oxygen atoms in total. The van der Waals surface area contributed by atoms with Crippen LogP contribution in [0, 0.1) is 0 Å². The minimum absolute atomic E-state index is 0.165. The molecule has 4 heteroatoms. The maximum absolute atomic E-state index is 11.1. The molecule has 2 rings (SSSR count). The van der Waals surface area contributed by atoms with Crippen LogP contribution in [-0.2, 0) is 16.0 Å². The lowest BCUT2D eigenvalue weighted by molar-refractivity contribution is -0.140. The number of halogens is 1. The largest absolute Gasteiger partial charge is 0.469 e. The molecule has 0 aliphatic heterocycles. The predicted molar refractivity (Wildman–Crippen MR) is 69.9 cm³/mol. The summed E-state index contributed by atoms with van der Waals surface area (Å²) in [5.74, 6) is -0.165. The van der Waals surface area contributed by atoms with Crippen molar-refractivity contribution in [1.29, 1.82) is 0 Å². The topological polar surface area (TPSA) is 26.3 Å². The number of benzene rings is 1. The molecule has 84 valence electrons. The summed E-state index contributed by atoms with van der Waals surface area (Å²) in [6.07, 6.45) is 1.15. The average Bonchev–Trinajstić information content (AvgIpc) is 2.62. The Bertz CT molecular complexity index is 519. The van der Waals surface area contributed by atoms with Crippen LogP contribution in [-0.4, -0.2) is 13.1 Å². The number of aryl methyl sites for hydroxylation is 1. The van der Waals surface area contributed by atoms with Crippen molar-refractivity contribution in [1.82, 2.24) is 0 Å². The van der Waals surface area contributed by atoms with Gasteiger partial charge in [-0.2, -0.15) is 0 Å². The lowest BCUT2D eigenvalue weighted by Gasteiger charge is -2.00. The number of hydrogen-bond acceptors (Lipinski definition) is 3. The maximum atomic E-state index is 11.1. The molecule has 0 aliphatic carbocycles. The van der Waals surface area contributed by atoms with Crippen molar-refractivity contribution in [2.45, 2.75) is 12.8 Å². The van der Waals surface area contributed by atoms with Crippen LogP contribution in [0.1, 0.15) is 12.0 Å². The number of hydrogen-bond donors (Lipinski definition) is 0. The summed E-state index contributed by atoms with van der Waals surface area (Å²) in [7, 11) is 1.42. The zero-order chi connectivity index (χ0) is 11.5. The van der Waals surface area contributed by atoms with Gasteiger partial charge in [-0.15, -0.1) is 11.3 Å². The van der Waals surface area contributed by atoms with Crippen LogP contribution < -0.4 is 0 Å². The smallest absolute Gasteiger partial charge is 0.305 e. The molecule has 0 saturated heterocycles. The second kappa shape index (κ2) is 4.97. The van der Waals surface area contributed by atoms with Crippen molar-refractivity contribution in [3.8, 4) is 0 Å². The lowest BCUT2D eigenvalue weighted by atomic mass is 10.1. The molecule has 0 spiro atoms. The third kappa shape index (κ3) is 2.28. The summed E-state index contributed by atoms with van der Waals surface area (Å²) in [4.78, 5) is 11.1. The van der Waals surface area contributed by atoms with E-state index in [-0.39, 0.29) is 5.97 Å². The van der Waals surface area contributed by atoms with E-state index in [0.29, 0.717) is 6.42 Å². The SMILES string of the molecule is COC(=O)CCc1c(Br)sc2ccccc12. The number of ether oxygens (including phenoxy) is 1. The summed E-state index contributed by atoms with van der Waals surface area (Å²) in [6.45, 7) is 0. The van der Waals surface area contributed by atoms with Crippen LogP contribution in [0.15, 0.2) is 28.1 Å². The van der Waals surface area contributed by atoms with Crippen LogP contribution in [0.5, 0.6) is 0 Å². The molecule has 0 bridgehead atoms. The second-order valence-electron chi connectivity index (χ2n) is 3.43. The van der Waals surface area contributed by atoms with E-state index < -0.39 is 0 Å². The number of thiophene rings is 1. The van der Waals surface area contributed by atoms with Gasteiger partial charge in [0.2, 0.25) is 0 Å². The van der Waals surface area contributed by atoms with Gasteiger partial charge in [-0.25, -0.2) is 0 Å². The number of rotatable bonds is 3. The first-order valence-electron chi connectivity index (χ1n) is 4.95. The van der Waals surface area contributed by atoms with Gasteiger partial charge in [-0.05, 0) is 39.4 Å². The second-order valence-corrected chi connectivity index (χ2v) is 5.80. The van der Waals surface area contributed by atoms with E-state index in [9.17, 15) is 4.79 Å². The summed E-state index contributed by atoms with van der Waals surface area (Å²) >= 11 is 5.25.